The molecule has 186 valence electrons. The van der Waals surface area contributed by atoms with Gasteiger partial charge in [-0.25, -0.2) is 0 Å². The molecule has 0 saturated carbocycles. The van der Waals surface area contributed by atoms with Crippen LogP contribution in [-0.2, 0) is 23.9 Å². The van der Waals surface area contributed by atoms with Crippen LogP contribution in [-0.4, -0.2) is 64.3 Å². The summed E-state index contributed by atoms with van der Waals surface area (Å²) >= 11 is 0. The van der Waals surface area contributed by atoms with Crippen LogP contribution in [0.1, 0.15) is 51.7 Å². The van der Waals surface area contributed by atoms with Crippen LogP contribution >= 0.6 is 0 Å². The highest BCUT2D eigenvalue weighted by molar-refractivity contribution is 6.04. The molecule has 0 radical (unpaired) electrons. The summed E-state index contributed by atoms with van der Waals surface area (Å²) in [5.74, 6) is -2.85. The second kappa shape index (κ2) is 8.64. The van der Waals surface area contributed by atoms with Gasteiger partial charge in [0.15, 0.2) is 0 Å². The van der Waals surface area contributed by atoms with Crippen molar-refractivity contribution >= 4 is 23.5 Å². The minimum absolute atomic E-state index is 0.0592. The number of hydrogen-bond acceptors (Lipinski definition) is 6. The average molecular weight is 473 g/mol. The minimum atomic E-state index is -1.16. The monoisotopic (exact) mass is 472 g/mol. The van der Waals surface area contributed by atoms with Crippen molar-refractivity contribution in [2.45, 2.75) is 77.7 Å². The molecule has 2 amide bonds. The first-order valence-electron chi connectivity index (χ1n) is 12.2. The lowest BCUT2D eigenvalue weighted by molar-refractivity contribution is -0.161. The third kappa shape index (κ3) is 3.37. The Labute approximate surface area is 201 Å². The van der Waals surface area contributed by atoms with Gasteiger partial charge < -0.3 is 24.8 Å². The number of carbonyl (C=O) groups is 3. The van der Waals surface area contributed by atoms with Gasteiger partial charge in [-0.3, -0.25) is 14.4 Å². The normalized spacial score (nSPS) is 34.8. The predicted molar refractivity (Wildman–Crippen MR) is 126 cm³/mol. The van der Waals surface area contributed by atoms with Crippen LogP contribution in [0.15, 0.2) is 18.2 Å². The van der Waals surface area contributed by atoms with Gasteiger partial charge in [0, 0.05) is 5.69 Å². The van der Waals surface area contributed by atoms with Crippen molar-refractivity contribution in [1.29, 1.82) is 0 Å². The zero-order valence-corrected chi connectivity index (χ0v) is 20.9. The van der Waals surface area contributed by atoms with E-state index in [9.17, 15) is 19.5 Å². The smallest absolute Gasteiger partial charge is 0.312 e. The number of aryl methyl sites for hydroxylation is 2. The first kappa shape index (κ1) is 24.7. The summed E-state index contributed by atoms with van der Waals surface area (Å²) in [6.07, 6.45) is 0.939. The van der Waals surface area contributed by atoms with Crippen LogP contribution in [0.3, 0.4) is 0 Å². The Kier molecular flexibility index (Phi) is 6.27. The lowest BCUT2D eigenvalue weighted by Crippen LogP contribution is -2.56. The number of nitrogens with one attached hydrogen (secondary N) is 1. The highest BCUT2D eigenvalue weighted by atomic mass is 16.6. The fourth-order valence-electron chi connectivity index (χ4n) is 6.45. The van der Waals surface area contributed by atoms with Crippen molar-refractivity contribution in [3.63, 3.8) is 0 Å². The Balaban J connectivity index is 1.82. The van der Waals surface area contributed by atoms with Gasteiger partial charge in [0.05, 0.1) is 30.8 Å². The van der Waals surface area contributed by atoms with Crippen LogP contribution in [0.4, 0.5) is 5.69 Å². The molecule has 4 rings (SSSR count). The molecule has 34 heavy (non-hydrogen) atoms. The summed E-state index contributed by atoms with van der Waals surface area (Å²) in [5, 5.41) is 13.1. The summed E-state index contributed by atoms with van der Waals surface area (Å²) < 4.78 is 12.0. The van der Waals surface area contributed by atoms with Crippen molar-refractivity contribution in [2.24, 2.45) is 17.8 Å². The van der Waals surface area contributed by atoms with Crippen LogP contribution < -0.4 is 5.32 Å². The van der Waals surface area contributed by atoms with E-state index < -0.39 is 41.1 Å². The molecule has 0 aromatic heterocycles. The summed E-state index contributed by atoms with van der Waals surface area (Å²) in [4.78, 5) is 42.5. The number of anilines is 1. The van der Waals surface area contributed by atoms with Crippen LogP contribution in [0.2, 0.25) is 0 Å². The Morgan fingerprint density at radius 2 is 2.03 bits per heavy atom. The van der Waals surface area contributed by atoms with Crippen LogP contribution in [0.25, 0.3) is 0 Å². The molecule has 3 fully saturated rings. The third-order valence-electron chi connectivity index (χ3n) is 8.27. The molecule has 3 heterocycles. The molecule has 3 aliphatic rings. The largest absolute Gasteiger partial charge is 0.466 e. The van der Waals surface area contributed by atoms with E-state index in [0.717, 1.165) is 11.1 Å². The molecule has 1 spiro atoms. The standard InChI is InChI=1S/C26H36N2O6/c1-7-17(13-29)28-21(22(30)27-18-11-14(3)9-10-15(18)4)26-12-16(5)25(6,34-26)20(19(26)23(28)31)24(32)33-8-2/h9-11,16-17,19-21,29H,7-8,12-13H2,1-6H3,(H,27,30)/t16?,17-,19-,20+,21?,25-,26?/m0/s1. The van der Waals surface area contributed by atoms with Gasteiger partial charge in [-0.2, -0.15) is 0 Å². The van der Waals surface area contributed by atoms with E-state index in [-0.39, 0.29) is 30.9 Å². The van der Waals surface area contributed by atoms with Crippen molar-refractivity contribution in [2.75, 3.05) is 18.5 Å². The average Bonchev–Trinajstić information content (AvgIpc) is 3.29. The van der Waals surface area contributed by atoms with E-state index in [0.29, 0.717) is 18.5 Å². The fourth-order valence-corrected chi connectivity index (χ4v) is 6.45. The number of rotatable bonds is 7. The zero-order valence-electron chi connectivity index (χ0n) is 20.9. The second-order valence-corrected chi connectivity index (χ2v) is 10.3. The fraction of sp³-hybridized carbons (Fsp3) is 0.654. The molecule has 3 aliphatic heterocycles. The van der Waals surface area contributed by atoms with Crippen molar-refractivity contribution in [1.82, 2.24) is 4.90 Å². The molecule has 1 aromatic carbocycles. The molecule has 0 aliphatic carbocycles. The van der Waals surface area contributed by atoms with Crippen LogP contribution in [0, 0.1) is 31.6 Å². The summed E-state index contributed by atoms with van der Waals surface area (Å²) in [7, 11) is 0. The Bertz CT molecular complexity index is 1010. The van der Waals surface area contributed by atoms with Crippen LogP contribution in [0.5, 0.6) is 0 Å². The molecule has 2 bridgehead atoms. The first-order valence-corrected chi connectivity index (χ1v) is 12.2. The van der Waals surface area contributed by atoms with Gasteiger partial charge in [-0.15, -0.1) is 0 Å². The molecular formula is C26H36N2O6. The molecule has 7 atom stereocenters. The van der Waals surface area contributed by atoms with E-state index in [1.807, 2.05) is 52.8 Å². The number of ether oxygens (including phenoxy) is 2. The van der Waals surface area contributed by atoms with Gasteiger partial charge >= 0.3 is 5.97 Å². The number of likely N-dealkylation sites (tertiary alicyclic amines) is 1. The molecule has 2 N–H and O–H groups in total. The van der Waals surface area contributed by atoms with Gasteiger partial charge in [0.25, 0.3) is 0 Å². The molecule has 3 saturated heterocycles. The summed E-state index contributed by atoms with van der Waals surface area (Å²) in [6.45, 7) is 11.2. The van der Waals surface area contributed by atoms with E-state index in [2.05, 4.69) is 5.32 Å². The molecule has 8 heteroatoms. The summed E-state index contributed by atoms with van der Waals surface area (Å²) in [5.41, 5.74) is 0.506. The number of hydrogen-bond donors (Lipinski definition) is 2. The number of carbonyl (C=O) groups excluding carboxylic acids is 3. The topological polar surface area (TPSA) is 105 Å². The van der Waals surface area contributed by atoms with E-state index >= 15 is 0 Å². The van der Waals surface area contributed by atoms with Gasteiger partial charge in [0.1, 0.15) is 17.6 Å². The first-order chi connectivity index (χ1) is 16.0. The third-order valence-corrected chi connectivity index (χ3v) is 8.27. The maximum absolute atomic E-state index is 13.9. The maximum Gasteiger partial charge on any atom is 0.312 e. The Morgan fingerprint density at radius 1 is 1.32 bits per heavy atom. The van der Waals surface area contributed by atoms with E-state index in [1.54, 1.807) is 6.92 Å². The predicted octanol–water partition coefficient (Wildman–Crippen LogP) is 2.59. The SMILES string of the molecule is CCOC(=O)[C@H]1[C@H]2C(=O)N([C@@H](CC)CO)C(C(=O)Nc3cc(C)ccc3C)C23CC(C)[C@]1(C)O3. The molecule has 3 unspecified atom stereocenters. The number of benzene rings is 1. The number of aliphatic hydroxyl groups is 1. The minimum Gasteiger partial charge on any atom is -0.466 e. The molecule has 1 aromatic rings. The van der Waals surface area contributed by atoms with E-state index in [4.69, 9.17) is 9.47 Å². The Morgan fingerprint density at radius 3 is 2.65 bits per heavy atom. The quantitative estimate of drug-likeness (QED) is 0.591. The number of nitrogens with zero attached hydrogens (tertiary/aromatic N) is 1. The number of fused-ring (bicyclic) bond motifs is 1. The van der Waals surface area contributed by atoms with E-state index in [1.165, 1.54) is 4.90 Å². The van der Waals surface area contributed by atoms with Gasteiger partial charge in [-0.1, -0.05) is 26.0 Å². The van der Waals surface area contributed by atoms with Crippen molar-refractivity contribution in [3.8, 4) is 0 Å². The molecule has 8 nitrogen and oxygen atoms in total. The second-order valence-electron chi connectivity index (χ2n) is 10.3. The number of amides is 2. The maximum atomic E-state index is 13.9. The lowest BCUT2D eigenvalue weighted by atomic mass is 9.62. The van der Waals surface area contributed by atoms with Crippen molar-refractivity contribution < 1.29 is 29.0 Å². The summed E-state index contributed by atoms with van der Waals surface area (Å²) in [6, 6.07) is 4.27. The highest BCUT2D eigenvalue weighted by Gasteiger charge is 2.80. The molecular weight excluding hydrogens is 436 g/mol. The number of esters is 1. The van der Waals surface area contributed by atoms with Crippen molar-refractivity contribution in [3.05, 3.63) is 29.3 Å². The lowest BCUT2D eigenvalue weighted by Gasteiger charge is -2.36. The number of aliphatic hydroxyl groups excluding tert-OH is 1. The zero-order chi connectivity index (χ0) is 25.0. The van der Waals surface area contributed by atoms with Gasteiger partial charge in [-0.05, 0) is 63.6 Å². The highest BCUT2D eigenvalue weighted by Crippen LogP contribution is 2.65. The van der Waals surface area contributed by atoms with Gasteiger partial charge in [0.2, 0.25) is 11.8 Å². The Hall–Kier alpha value is -2.45.